The van der Waals surface area contributed by atoms with Gasteiger partial charge in [0.15, 0.2) is 11.6 Å². The first kappa shape index (κ1) is 21.1. The van der Waals surface area contributed by atoms with Crippen molar-refractivity contribution in [1.82, 2.24) is 25.1 Å². The average Bonchev–Trinajstić information content (AvgIpc) is 3.59. The van der Waals surface area contributed by atoms with Crippen molar-refractivity contribution in [3.05, 3.63) is 101 Å². The predicted octanol–water partition coefficient (Wildman–Crippen LogP) is 3.71. The number of carbonyl (C=O) groups is 1. The minimum atomic E-state index is -0.295. The summed E-state index contributed by atoms with van der Waals surface area (Å²) >= 11 is 0. The van der Waals surface area contributed by atoms with Gasteiger partial charge < -0.3 is 15.1 Å². The molecule has 0 radical (unpaired) electrons. The van der Waals surface area contributed by atoms with Crippen LogP contribution in [0.15, 0.2) is 77.2 Å². The van der Waals surface area contributed by atoms with Crippen LogP contribution in [-0.4, -0.2) is 37.6 Å². The number of hydrogen-bond acceptors (Lipinski definition) is 6. The quantitative estimate of drug-likeness (QED) is 0.488. The van der Waals surface area contributed by atoms with Gasteiger partial charge in [-0.25, -0.2) is 0 Å². The number of furan rings is 1. The van der Waals surface area contributed by atoms with Gasteiger partial charge in [-0.1, -0.05) is 60.7 Å². The van der Waals surface area contributed by atoms with Crippen LogP contribution in [0.1, 0.15) is 64.6 Å². The summed E-state index contributed by atoms with van der Waals surface area (Å²) in [5.74, 6) is 1.38. The number of amides is 1. The summed E-state index contributed by atoms with van der Waals surface area (Å²) in [4.78, 5) is 16.8. The lowest BCUT2D eigenvalue weighted by molar-refractivity contribution is 0.0693. The molecule has 3 atom stereocenters. The Kier molecular flexibility index (Phi) is 5.75. The fraction of sp³-hybridized carbons (Fsp3) is 0.280. The highest BCUT2D eigenvalue weighted by molar-refractivity contribution is 5.92. The van der Waals surface area contributed by atoms with E-state index in [1.54, 1.807) is 21.8 Å². The number of tetrazole rings is 1. The smallest absolute Gasteiger partial charge is 0.290 e. The van der Waals surface area contributed by atoms with E-state index in [9.17, 15) is 4.79 Å². The molecule has 33 heavy (non-hydrogen) atoms. The maximum absolute atomic E-state index is 13.4. The molecule has 2 aromatic carbocycles. The molecule has 1 fully saturated rings. The fourth-order valence-corrected chi connectivity index (χ4v) is 4.33. The number of rotatable bonds is 6. The van der Waals surface area contributed by atoms with Gasteiger partial charge in [-0.3, -0.25) is 4.79 Å². The molecule has 1 aliphatic heterocycles. The lowest BCUT2D eigenvalue weighted by atomic mass is 9.96. The van der Waals surface area contributed by atoms with E-state index in [1.807, 2.05) is 55.5 Å². The average molecular weight is 443 g/mol. The summed E-state index contributed by atoms with van der Waals surface area (Å²) in [6.07, 6.45) is 0.716. The van der Waals surface area contributed by atoms with Gasteiger partial charge in [0.05, 0.1) is 18.6 Å². The molecule has 1 saturated heterocycles. The number of benzene rings is 2. The molecule has 0 bridgehead atoms. The third-order valence-corrected chi connectivity index (χ3v) is 6.05. The molecule has 0 aliphatic carbocycles. The van der Waals surface area contributed by atoms with Gasteiger partial charge in [-0.05, 0) is 41.8 Å². The lowest BCUT2D eigenvalue weighted by Gasteiger charge is -2.21. The van der Waals surface area contributed by atoms with Crippen molar-refractivity contribution in [3.8, 4) is 0 Å². The van der Waals surface area contributed by atoms with Gasteiger partial charge in [-0.2, -0.15) is 4.80 Å². The first-order chi connectivity index (χ1) is 16.1. The van der Waals surface area contributed by atoms with Gasteiger partial charge in [0, 0.05) is 12.5 Å². The van der Waals surface area contributed by atoms with Gasteiger partial charge in [0.1, 0.15) is 5.76 Å². The summed E-state index contributed by atoms with van der Waals surface area (Å²) in [6.45, 7) is 2.90. The second-order valence-corrected chi connectivity index (χ2v) is 8.47. The van der Waals surface area contributed by atoms with Crippen molar-refractivity contribution in [2.75, 3.05) is 6.54 Å². The number of hydrogen-bond donors (Lipinski definition) is 1. The van der Waals surface area contributed by atoms with Crippen LogP contribution in [0, 0.1) is 0 Å². The lowest BCUT2D eigenvalue weighted by Crippen LogP contribution is -2.31. The molecule has 168 valence electrons. The zero-order valence-electron chi connectivity index (χ0n) is 18.4. The van der Waals surface area contributed by atoms with Gasteiger partial charge >= 0.3 is 0 Å². The molecular weight excluding hydrogens is 416 g/mol. The van der Waals surface area contributed by atoms with E-state index < -0.39 is 0 Å². The van der Waals surface area contributed by atoms with Crippen molar-refractivity contribution < 1.29 is 9.21 Å². The topological polar surface area (TPSA) is 103 Å². The van der Waals surface area contributed by atoms with Crippen LogP contribution in [0.2, 0.25) is 0 Å². The van der Waals surface area contributed by atoms with E-state index >= 15 is 0 Å². The highest BCUT2D eigenvalue weighted by Crippen LogP contribution is 2.40. The Bertz CT molecular complexity index is 1220. The van der Waals surface area contributed by atoms with Gasteiger partial charge in [0.25, 0.3) is 5.91 Å². The van der Waals surface area contributed by atoms with Crippen molar-refractivity contribution in [3.63, 3.8) is 0 Å². The summed E-state index contributed by atoms with van der Waals surface area (Å²) in [5, 5.41) is 13.2. The van der Waals surface area contributed by atoms with Crippen molar-refractivity contribution in [2.24, 2.45) is 5.73 Å². The minimum Gasteiger partial charge on any atom is -0.454 e. The molecule has 8 heteroatoms. The molecular formula is C25H26N6O2. The minimum absolute atomic E-state index is 0.170. The SMILES string of the molecule is CC(N)c1ccc(C(=O)N2CC(c3ccccc3)CC2c2nnn(Cc3ccccc3)n2)o1. The van der Waals surface area contributed by atoms with Crippen LogP contribution < -0.4 is 5.73 Å². The zero-order chi connectivity index (χ0) is 22.8. The Labute approximate surface area is 192 Å². The monoisotopic (exact) mass is 442 g/mol. The van der Waals surface area contributed by atoms with Crippen LogP contribution in [-0.2, 0) is 6.54 Å². The van der Waals surface area contributed by atoms with E-state index in [4.69, 9.17) is 10.2 Å². The maximum atomic E-state index is 13.4. The molecule has 2 N–H and O–H groups in total. The van der Waals surface area contributed by atoms with Gasteiger partial charge in [-0.15, -0.1) is 10.2 Å². The molecule has 3 heterocycles. The third-order valence-electron chi connectivity index (χ3n) is 6.05. The molecule has 5 rings (SSSR count). The maximum Gasteiger partial charge on any atom is 0.290 e. The first-order valence-electron chi connectivity index (χ1n) is 11.1. The Morgan fingerprint density at radius 3 is 2.52 bits per heavy atom. The fourth-order valence-electron chi connectivity index (χ4n) is 4.33. The molecule has 1 aliphatic rings. The van der Waals surface area contributed by atoms with E-state index in [-0.39, 0.29) is 29.7 Å². The number of aromatic nitrogens is 4. The number of likely N-dealkylation sites (tertiary alicyclic amines) is 1. The van der Waals surface area contributed by atoms with Crippen LogP contribution in [0.25, 0.3) is 0 Å². The second kappa shape index (κ2) is 8.99. The predicted molar refractivity (Wildman–Crippen MR) is 122 cm³/mol. The van der Waals surface area contributed by atoms with Crippen LogP contribution in [0.5, 0.6) is 0 Å². The summed E-state index contributed by atoms with van der Waals surface area (Å²) in [6, 6.07) is 23.1. The highest BCUT2D eigenvalue weighted by Gasteiger charge is 2.40. The number of carbonyl (C=O) groups excluding carboxylic acids is 1. The standard InChI is InChI=1S/C25H26N6O2/c1-17(26)22-12-13-23(33-22)25(32)30-16-20(19-10-6-3-7-11-19)14-21(30)24-27-29-31(28-24)15-18-8-4-2-5-9-18/h2-13,17,20-21H,14-16,26H2,1H3. The van der Waals surface area contributed by atoms with Crippen LogP contribution in [0.3, 0.4) is 0 Å². The van der Waals surface area contributed by atoms with Crippen LogP contribution in [0.4, 0.5) is 0 Å². The largest absolute Gasteiger partial charge is 0.454 e. The summed E-state index contributed by atoms with van der Waals surface area (Å²) < 4.78 is 5.75. The highest BCUT2D eigenvalue weighted by atomic mass is 16.4. The third kappa shape index (κ3) is 4.42. The number of nitrogens with two attached hydrogens (primary N) is 1. The molecule has 4 aromatic rings. The zero-order valence-corrected chi connectivity index (χ0v) is 18.4. The molecule has 3 unspecified atom stereocenters. The van der Waals surface area contributed by atoms with Crippen molar-refractivity contribution >= 4 is 5.91 Å². The molecule has 1 amide bonds. The Morgan fingerprint density at radius 2 is 1.82 bits per heavy atom. The first-order valence-corrected chi connectivity index (χ1v) is 11.1. The Morgan fingerprint density at radius 1 is 1.09 bits per heavy atom. The van der Waals surface area contributed by atoms with E-state index in [0.717, 1.165) is 5.56 Å². The van der Waals surface area contributed by atoms with E-state index in [0.29, 0.717) is 31.1 Å². The van der Waals surface area contributed by atoms with E-state index in [2.05, 4.69) is 27.5 Å². The number of nitrogens with zero attached hydrogens (tertiary/aromatic N) is 5. The summed E-state index contributed by atoms with van der Waals surface area (Å²) in [5.41, 5.74) is 8.18. The van der Waals surface area contributed by atoms with E-state index in [1.165, 1.54) is 5.56 Å². The molecule has 2 aromatic heterocycles. The normalized spacial score (nSPS) is 19.0. The van der Waals surface area contributed by atoms with Crippen molar-refractivity contribution in [2.45, 2.75) is 37.9 Å². The van der Waals surface area contributed by atoms with Crippen molar-refractivity contribution in [1.29, 1.82) is 0 Å². The summed E-state index contributed by atoms with van der Waals surface area (Å²) in [7, 11) is 0. The van der Waals surface area contributed by atoms with Gasteiger partial charge in [0.2, 0.25) is 0 Å². The molecule has 8 nitrogen and oxygen atoms in total. The van der Waals surface area contributed by atoms with Crippen LogP contribution >= 0.6 is 0 Å². The molecule has 0 saturated carbocycles. The Hall–Kier alpha value is -3.78. The molecule has 0 spiro atoms. The Balaban J connectivity index is 1.43. The second-order valence-electron chi connectivity index (χ2n) is 8.47.